The zero-order chi connectivity index (χ0) is 91.6. The van der Waals surface area contributed by atoms with Gasteiger partial charge in [-0.05, 0) is 296 Å². The molecule has 0 spiro atoms. The van der Waals surface area contributed by atoms with E-state index >= 15 is 0 Å². The van der Waals surface area contributed by atoms with Crippen molar-refractivity contribution in [2.24, 2.45) is 11.7 Å². The van der Waals surface area contributed by atoms with Crippen molar-refractivity contribution in [3.63, 3.8) is 0 Å². The molecular formula is C102H139ClF2N2O17. The van der Waals surface area contributed by atoms with Crippen molar-refractivity contribution < 1.29 is 89.4 Å². The molecule has 0 aromatic heterocycles. The van der Waals surface area contributed by atoms with Crippen molar-refractivity contribution in [2.45, 2.75) is 258 Å². The zero-order valence-electron chi connectivity index (χ0n) is 77.3. The van der Waals surface area contributed by atoms with Gasteiger partial charge in [0, 0.05) is 60.5 Å². The van der Waals surface area contributed by atoms with E-state index in [-0.39, 0.29) is 66.5 Å². The van der Waals surface area contributed by atoms with Gasteiger partial charge in [0.1, 0.15) is 63.2 Å². The molecule has 0 radical (unpaired) electrons. The Labute approximate surface area is 743 Å². The van der Waals surface area contributed by atoms with Crippen LogP contribution in [0.15, 0.2) is 218 Å². The van der Waals surface area contributed by atoms with Crippen molar-refractivity contribution in [1.29, 1.82) is 0 Å². The Hall–Kier alpha value is -10.6. The van der Waals surface area contributed by atoms with Crippen LogP contribution in [0, 0.1) is 5.92 Å². The number of halogens is 3. The minimum atomic E-state index is -2.80. The maximum atomic E-state index is 11.9. The predicted octanol–water partition coefficient (Wildman–Crippen LogP) is 25.1. The maximum Gasteiger partial charge on any atom is 0.387 e. The fourth-order valence-corrected chi connectivity index (χ4v) is 12.0. The highest BCUT2D eigenvalue weighted by atomic mass is 35.5. The summed E-state index contributed by atoms with van der Waals surface area (Å²) in [7, 11) is 1.36. The number of esters is 2. The molecule has 124 heavy (non-hydrogen) atoms. The molecule has 12 rings (SSSR count). The number of benzene rings is 9. The van der Waals surface area contributed by atoms with E-state index in [2.05, 4.69) is 72.4 Å². The van der Waals surface area contributed by atoms with Gasteiger partial charge in [-0.15, -0.1) is 0 Å². The SMILES string of the molecule is CC(C)N1CC(N)CC(Cc2ccccc2)C1.CC(C)Oc1ccc2c(c1)OCO2.CC(C)Oc1cccc(Cl)c1.CC(C)Oc1cccc(OC(C)C)c1.CC(C)Oc1cccc(OC(F)F)c1.CC(C)Oc1cccc(OC2CC2)c1.CCOC(=O)c1ccccc1C(C)C.CCOc1cccc(OC(C)C)c1.COC(=O)c1ccc(OC(C)C)cc1. The van der Waals surface area contributed by atoms with E-state index in [9.17, 15) is 18.4 Å². The van der Waals surface area contributed by atoms with Crippen molar-refractivity contribution in [1.82, 2.24) is 4.90 Å². The minimum absolute atomic E-state index is 0.0109. The monoisotopic (exact) mass is 1740 g/mol. The first-order valence-corrected chi connectivity index (χ1v) is 43.5. The summed E-state index contributed by atoms with van der Waals surface area (Å²) < 4.78 is 103. The fourth-order valence-electron chi connectivity index (χ4n) is 11.8. The van der Waals surface area contributed by atoms with Crippen molar-refractivity contribution >= 4 is 23.5 Å². The summed E-state index contributed by atoms with van der Waals surface area (Å²) in [4.78, 5) is 25.1. The Morgan fingerprint density at radius 3 is 1.27 bits per heavy atom. The average Bonchev–Trinajstić information content (AvgIpc) is 1.63. The zero-order valence-corrected chi connectivity index (χ0v) is 78.1. The number of rotatable bonds is 29. The summed E-state index contributed by atoms with van der Waals surface area (Å²) in [6, 6.07) is 68.7. The van der Waals surface area contributed by atoms with Gasteiger partial charge < -0.3 is 76.8 Å². The predicted molar refractivity (Wildman–Crippen MR) is 495 cm³/mol. The lowest BCUT2D eigenvalue weighted by Gasteiger charge is -2.38. The molecule has 2 N–H and O–H groups in total. The van der Waals surface area contributed by atoms with Gasteiger partial charge >= 0.3 is 18.6 Å². The molecular weight excluding hydrogens is 1600 g/mol. The molecule has 2 aliphatic heterocycles. The third-order valence-electron chi connectivity index (χ3n) is 16.7. The fraction of sp³-hybridized carbons (Fsp3) is 0.451. The van der Waals surface area contributed by atoms with Crippen LogP contribution in [-0.2, 0) is 15.9 Å². The first-order chi connectivity index (χ1) is 59.0. The summed E-state index contributed by atoms with van der Waals surface area (Å²) in [5.41, 5.74) is 9.87. The molecule has 2 heterocycles. The number of piperidine rings is 1. The highest BCUT2D eigenvalue weighted by molar-refractivity contribution is 6.30. The van der Waals surface area contributed by atoms with Crippen LogP contribution in [0.3, 0.4) is 0 Å². The number of nitrogens with two attached hydrogens (primary N) is 1. The van der Waals surface area contributed by atoms with Crippen molar-refractivity contribution in [2.75, 3.05) is 40.2 Å². The second kappa shape index (κ2) is 58.5. The van der Waals surface area contributed by atoms with Crippen LogP contribution in [0.5, 0.6) is 74.7 Å². The number of alkyl halides is 2. The van der Waals surface area contributed by atoms with E-state index in [1.807, 2.05) is 264 Å². The second-order valence-electron chi connectivity index (χ2n) is 31.9. The molecule has 19 nitrogen and oxygen atoms in total. The highest BCUT2D eigenvalue weighted by Gasteiger charge is 2.27. The number of hydrogen-bond acceptors (Lipinski definition) is 19. The lowest BCUT2D eigenvalue weighted by atomic mass is 9.88. The summed E-state index contributed by atoms with van der Waals surface area (Å²) in [6.45, 7) is 45.0. The number of methoxy groups -OCH3 is 1. The molecule has 9 aromatic rings. The van der Waals surface area contributed by atoms with Gasteiger partial charge in [-0.3, -0.25) is 4.90 Å². The standard InChI is InChI=1S/C15H24N2.C12H16O2.C12H18O2.C12H16O2.C11H14O3.C11H16O2.C10H12F2O2.C10H12O3.C9H11ClO/c1-12(2)17-10-14(9-15(16)11-17)8-13-6-4-3-5-7-13;1-9(2)13-11-4-3-5-12(8-11)14-10-6-7-10;1-9(2)13-11-6-5-7-12(8-11)14-10(3)4;1-4-14-12(13)11-8-6-5-7-10(11)9(2)3;1-8(2)14-10-6-4-9(5-7-10)11(12)13-3;1-4-12-10-6-5-7-11(8-10)13-9(2)3;1-7(2)13-8-4-3-5-9(6-8)14-10(11)12;1-7(2)13-8-3-4-9-10(5-8)12-6-11-9;1-7(2)11-9-5-3-4-8(10)6-9/h3-7,12,14-15H,8-11,16H2,1-2H3;3-5,8-10H,6-7H2,1-2H3;5-10H,1-4H3;5-9H,4H2,1-3H3;4-8H,1-3H3;5-9H,4H2,1-3H3;3-7,10H,1-2H3;3-5,7H,6H2,1-2H3;3-7H,1-2H3. The van der Waals surface area contributed by atoms with E-state index in [0.29, 0.717) is 71.9 Å². The quantitative estimate of drug-likeness (QED) is 0.0433. The number of fused-ring (bicyclic) bond motifs is 1. The van der Waals surface area contributed by atoms with Gasteiger partial charge in [-0.2, -0.15) is 8.78 Å². The van der Waals surface area contributed by atoms with Crippen LogP contribution in [0.1, 0.15) is 209 Å². The lowest BCUT2D eigenvalue weighted by Crippen LogP contribution is -2.50. The largest absolute Gasteiger partial charge is 0.494 e. The average molecular weight is 1740 g/mol. The van der Waals surface area contributed by atoms with Crippen LogP contribution >= 0.6 is 11.6 Å². The van der Waals surface area contributed by atoms with Gasteiger partial charge in [0.2, 0.25) is 6.79 Å². The number of carbonyl (C=O) groups excluding carboxylic acids is 2. The molecule has 2 fully saturated rings. The molecule has 1 saturated heterocycles. The Kier molecular flexibility index (Phi) is 49.9. The van der Waals surface area contributed by atoms with E-state index in [1.54, 1.807) is 36.4 Å². The molecule has 9 aromatic carbocycles. The number of likely N-dealkylation sites (tertiary alicyclic amines) is 1. The maximum absolute atomic E-state index is 11.9. The molecule has 1 aliphatic carbocycles. The first kappa shape index (κ1) is 106. The number of nitrogens with zero attached hydrogens (tertiary/aromatic N) is 1. The highest BCUT2D eigenvalue weighted by Crippen LogP contribution is 2.36. The van der Waals surface area contributed by atoms with E-state index in [4.69, 9.17) is 78.9 Å². The Bertz CT molecular complexity index is 4180. The number of ether oxygens (including phenoxy) is 15. The van der Waals surface area contributed by atoms with Gasteiger partial charge in [-0.1, -0.05) is 104 Å². The number of hydrogen-bond donors (Lipinski definition) is 1. The lowest BCUT2D eigenvalue weighted by molar-refractivity contribution is -0.0499. The van der Waals surface area contributed by atoms with Crippen LogP contribution in [0.25, 0.3) is 0 Å². The molecule has 1 saturated carbocycles. The van der Waals surface area contributed by atoms with Crippen LogP contribution in [-0.4, -0.2) is 131 Å². The van der Waals surface area contributed by atoms with E-state index < -0.39 is 6.61 Å². The molecule has 680 valence electrons. The summed E-state index contributed by atoms with van der Waals surface area (Å²) in [6.07, 6.45) is 6.51. The Morgan fingerprint density at radius 1 is 0.427 bits per heavy atom. The van der Waals surface area contributed by atoms with Crippen LogP contribution in [0.2, 0.25) is 5.02 Å². The topological polar surface area (TPSA) is 202 Å². The second-order valence-corrected chi connectivity index (χ2v) is 32.3. The van der Waals surface area contributed by atoms with Crippen molar-refractivity contribution in [3.05, 3.63) is 246 Å². The van der Waals surface area contributed by atoms with E-state index in [0.717, 1.165) is 88.2 Å². The third-order valence-corrected chi connectivity index (χ3v) is 17.0. The summed E-state index contributed by atoms with van der Waals surface area (Å²) >= 11 is 5.75. The molecule has 3 aliphatic rings. The smallest absolute Gasteiger partial charge is 0.387 e. The Morgan fingerprint density at radius 2 is 0.831 bits per heavy atom. The van der Waals surface area contributed by atoms with Crippen LogP contribution in [0.4, 0.5) is 8.78 Å². The molecule has 0 amide bonds. The third kappa shape index (κ3) is 46.8. The van der Waals surface area contributed by atoms with Gasteiger partial charge in [0.05, 0.1) is 86.4 Å². The molecule has 2 atom stereocenters. The van der Waals surface area contributed by atoms with Gasteiger partial charge in [0.15, 0.2) is 11.5 Å². The molecule has 0 bridgehead atoms. The number of carbonyl (C=O) groups is 2. The minimum Gasteiger partial charge on any atom is -0.494 e. The van der Waals surface area contributed by atoms with E-state index in [1.165, 1.54) is 44.2 Å². The van der Waals surface area contributed by atoms with Crippen molar-refractivity contribution in [3.8, 4) is 74.7 Å². The molecule has 22 heteroatoms. The molecule has 2 unspecified atom stereocenters. The summed E-state index contributed by atoms with van der Waals surface area (Å²) in [5, 5.41) is 0.711. The first-order valence-electron chi connectivity index (χ1n) is 43.1. The Balaban J connectivity index is 0.000000293. The van der Waals surface area contributed by atoms with Gasteiger partial charge in [0.25, 0.3) is 0 Å². The summed E-state index contributed by atoms with van der Waals surface area (Å²) in [5.74, 6) is 10.3. The normalized spacial score (nSPS) is 13.5. The van der Waals surface area contributed by atoms with Gasteiger partial charge in [-0.25, -0.2) is 9.59 Å². The van der Waals surface area contributed by atoms with Crippen LogP contribution < -0.4 is 67.3 Å².